The van der Waals surface area contributed by atoms with Gasteiger partial charge in [-0.25, -0.2) is 0 Å². The fraction of sp³-hybridized carbons (Fsp3) is 0.391. The van der Waals surface area contributed by atoms with E-state index in [4.69, 9.17) is 9.47 Å². The van der Waals surface area contributed by atoms with Crippen molar-refractivity contribution >= 4 is 23.2 Å². The number of carbonyl (C=O) groups is 2. The Morgan fingerprint density at radius 1 is 1.21 bits per heavy atom. The van der Waals surface area contributed by atoms with Gasteiger partial charge in [-0.15, -0.1) is 0 Å². The third-order valence-electron chi connectivity index (χ3n) is 4.70. The SMILES string of the molecule is CCc1ccc(OCC(=O)Nc2ccc3c(c2)OC(C)C(=O)N3CC(C)C)cc1. The monoisotopic (exact) mass is 396 g/mol. The zero-order valence-electron chi connectivity index (χ0n) is 17.4. The summed E-state index contributed by atoms with van der Waals surface area (Å²) in [6.07, 6.45) is 0.404. The number of anilines is 2. The molecule has 0 aliphatic carbocycles. The maximum Gasteiger partial charge on any atom is 0.267 e. The normalized spacial score (nSPS) is 15.7. The largest absolute Gasteiger partial charge is 0.484 e. The summed E-state index contributed by atoms with van der Waals surface area (Å²) in [6.45, 7) is 8.49. The smallest absolute Gasteiger partial charge is 0.267 e. The van der Waals surface area contributed by atoms with Crippen LogP contribution in [0.3, 0.4) is 0 Å². The van der Waals surface area contributed by atoms with Crippen LogP contribution >= 0.6 is 0 Å². The van der Waals surface area contributed by atoms with E-state index in [0.717, 1.165) is 12.1 Å². The number of ether oxygens (including phenoxy) is 2. The summed E-state index contributed by atoms with van der Waals surface area (Å²) >= 11 is 0. The number of aryl methyl sites for hydroxylation is 1. The molecular weight excluding hydrogens is 368 g/mol. The van der Waals surface area contributed by atoms with Crippen molar-refractivity contribution in [3.8, 4) is 11.5 Å². The molecule has 1 atom stereocenters. The molecule has 154 valence electrons. The van der Waals surface area contributed by atoms with Gasteiger partial charge >= 0.3 is 0 Å². The summed E-state index contributed by atoms with van der Waals surface area (Å²) in [7, 11) is 0. The van der Waals surface area contributed by atoms with Crippen molar-refractivity contribution in [2.24, 2.45) is 5.92 Å². The molecule has 2 aromatic carbocycles. The van der Waals surface area contributed by atoms with Crippen LogP contribution in [-0.4, -0.2) is 31.1 Å². The van der Waals surface area contributed by atoms with Crippen LogP contribution in [0.15, 0.2) is 42.5 Å². The number of rotatable bonds is 7. The molecule has 1 aliphatic rings. The maximum atomic E-state index is 12.5. The van der Waals surface area contributed by atoms with Crippen molar-refractivity contribution in [1.29, 1.82) is 0 Å². The van der Waals surface area contributed by atoms with Gasteiger partial charge in [0.15, 0.2) is 12.7 Å². The topological polar surface area (TPSA) is 67.9 Å². The van der Waals surface area contributed by atoms with Gasteiger partial charge in [-0.3, -0.25) is 9.59 Å². The van der Waals surface area contributed by atoms with E-state index < -0.39 is 6.10 Å². The van der Waals surface area contributed by atoms with E-state index in [9.17, 15) is 9.59 Å². The van der Waals surface area contributed by atoms with Gasteiger partial charge in [-0.05, 0) is 49.1 Å². The van der Waals surface area contributed by atoms with Gasteiger partial charge in [0.1, 0.15) is 11.5 Å². The number of fused-ring (bicyclic) bond motifs is 1. The summed E-state index contributed by atoms with van der Waals surface area (Å²) < 4.78 is 11.3. The highest BCUT2D eigenvalue weighted by Crippen LogP contribution is 2.36. The Morgan fingerprint density at radius 3 is 2.59 bits per heavy atom. The fourth-order valence-corrected chi connectivity index (χ4v) is 3.21. The zero-order valence-corrected chi connectivity index (χ0v) is 17.4. The Labute approximate surface area is 171 Å². The van der Waals surface area contributed by atoms with Crippen LogP contribution in [0.1, 0.15) is 33.3 Å². The fourth-order valence-electron chi connectivity index (χ4n) is 3.21. The maximum absolute atomic E-state index is 12.5. The average molecular weight is 396 g/mol. The molecule has 0 spiro atoms. The third-order valence-corrected chi connectivity index (χ3v) is 4.70. The van der Waals surface area contributed by atoms with Crippen molar-refractivity contribution < 1.29 is 19.1 Å². The number of hydrogen-bond donors (Lipinski definition) is 1. The number of hydrogen-bond acceptors (Lipinski definition) is 4. The highest BCUT2D eigenvalue weighted by Gasteiger charge is 2.31. The molecular formula is C23H28N2O4. The molecule has 1 N–H and O–H groups in total. The molecule has 1 unspecified atom stereocenters. The first kappa shape index (κ1) is 20.7. The van der Waals surface area contributed by atoms with Crippen LogP contribution in [-0.2, 0) is 16.0 Å². The number of carbonyl (C=O) groups excluding carboxylic acids is 2. The van der Waals surface area contributed by atoms with E-state index in [1.165, 1.54) is 5.56 Å². The molecule has 0 fully saturated rings. The minimum Gasteiger partial charge on any atom is -0.484 e. The number of nitrogens with zero attached hydrogens (tertiary/aromatic N) is 1. The van der Waals surface area contributed by atoms with Gasteiger partial charge in [0.05, 0.1) is 5.69 Å². The van der Waals surface area contributed by atoms with E-state index in [0.29, 0.717) is 29.6 Å². The summed E-state index contributed by atoms with van der Waals surface area (Å²) in [4.78, 5) is 26.5. The highest BCUT2D eigenvalue weighted by atomic mass is 16.5. The van der Waals surface area contributed by atoms with Crippen molar-refractivity contribution in [3.63, 3.8) is 0 Å². The summed E-state index contributed by atoms with van der Waals surface area (Å²) in [6, 6.07) is 13.0. The Morgan fingerprint density at radius 2 is 1.93 bits per heavy atom. The second-order valence-electron chi connectivity index (χ2n) is 7.62. The molecule has 29 heavy (non-hydrogen) atoms. The van der Waals surface area contributed by atoms with Gasteiger partial charge in [-0.2, -0.15) is 0 Å². The van der Waals surface area contributed by atoms with E-state index in [1.807, 2.05) is 24.3 Å². The van der Waals surface area contributed by atoms with E-state index in [-0.39, 0.29) is 18.4 Å². The van der Waals surface area contributed by atoms with Gasteiger partial charge in [0.2, 0.25) is 0 Å². The predicted molar refractivity (Wildman–Crippen MR) is 114 cm³/mol. The van der Waals surface area contributed by atoms with Crippen LogP contribution in [0.2, 0.25) is 0 Å². The second-order valence-corrected chi connectivity index (χ2v) is 7.62. The quantitative estimate of drug-likeness (QED) is 0.767. The molecule has 6 heteroatoms. The van der Waals surface area contributed by atoms with Gasteiger partial charge in [0, 0.05) is 18.3 Å². The van der Waals surface area contributed by atoms with Crippen LogP contribution in [0.25, 0.3) is 0 Å². The van der Waals surface area contributed by atoms with Crippen LogP contribution in [0.5, 0.6) is 11.5 Å². The molecule has 3 rings (SSSR count). The molecule has 0 aromatic heterocycles. The van der Waals surface area contributed by atoms with Crippen molar-refractivity contribution in [3.05, 3.63) is 48.0 Å². The Hall–Kier alpha value is -3.02. The Bertz CT molecular complexity index is 877. The molecule has 2 amide bonds. The summed E-state index contributed by atoms with van der Waals surface area (Å²) in [5, 5.41) is 2.82. The summed E-state index contributed by atoms with van der Waals surface area (Å²) in [5.74, 6) is 1.27. The lowest BCUT2D eigenvalue weighted by molar-refractivity contribution is -0.125. The first-order valence-corrected chi connectivity index (χ1v) is 10.0. The molecule has 0 saturated heterocycles. The number of benzene rings is 2. The molecule has 0 radical (unpaired) electrons. The van der Waals surface area contributed by atoms with E-state index >= 15 is 0 Å². The Kier molecular flexibility index (Phi) is 6.42. The van der Waals surface area contributed by atoms with Crippen molar-refractivity contribution in [2.75, 3.05) is 23.4 Å². The third kappa shape index (κ3) is 5.08. The minimum absolute atomic E-state index is 0.0505. The van der Waals surface area contributed by atoms with E-state index in [2.05, 4.69) is 26.1 Å². The highest BCUT2D eigenvalue weighted by molar-refractivity contribution is 6.00. The zero-order chi connectivity index (χ0) is 21.0. The number of amides is 2. The predicted octanol–water partition coefficient (Wildman–Crippen LogP) is 4.04. The van der Waals surface area contributed by atoms with Gasteiger partial charge in [0.25, 0.3) is 11.8 Å². The van der Waals surface area contributed by atoms with E-state index in [1.54, 1.807) is 30.0 Å². The molecule has 0 bridgehead atoms. The first-order chi connectivity index (χ1) is 13.9. The molecule has 0 saturated carbocycles. The van der Waals surface area contributed by atoms with Crippen LogP contribution in [0.4, 0.5) is 11.4 Å². The van der Waals surface area contributed by atoms with Crippen molar-refractivity contribution in [2.45, 2.75) is 40.2 Å². The first-order valence-electron chi connectivity index (χ1n) is 10.0. The molecule has 1 heterocycles. The minimum atomic E-state index is -0.554. The molecule has 2 aromatic rings. The average Bonchev–Trinajstić information content (AvgIpc) is 2.70. The standard InChI is InChI=1S/C23H28N2O4/c1-5-17-6-9-19(10-7-17)28-14-22(26)24-18-8-11-20-21(12-18)29-16(4)23(27)25(20)13-15(2)3/h6-12,15-16H,5,13-14H2,1-4H3,(H,24,26). The lowest BCUT2D eigenvalue weighted by Gasteiger charge is -2.34. The molecule has 1 aliphatic heterocycles. The van der Waals surface area contributed by atoms with Crippen molar-refractivity contribution in [1.82, 2.24) is 0 Å². The van der Waals surface area contributed by atoms with Crippen LogP contribution in [0, 0.1) is 5.92 Å². The lowest BCUT2D eigenvalue weighted by Crippen LogP contribution is -2.46. The summed E-state index contributed by atoms with van der Waals surface area (Å²) in [5.41, 5.74) is 2.55. The Balaban J connectivity index is 1.65. The lowest BCUT2D eigenvalue weighted by atomic mass is 10.1. The van der Waals surface area contributed by atoms with Gasteiger partial charge < -0.3 is 19.7 Å². The second kappa shape index (κ2) is 8.99. The number of nitrogens with one attached hydrogen (secondary N) is 1. The van der Waals surface area contributed by atoms with Crippen LogP contribution < -0.4 is 19.7 Å². The van der Waals surface area contributed by atoms with Gasteiger partial charge in [-0.1, -0.05) is 32.9 Å². The molecule has 6 nitrogen and oxygen atoms in total.